The minimum Gasteiger partial charge on any atom is -0.453 e. The number of nitrogens with zero attached hydrogens (tertiary/aromatic N) is 4. The number of H-pyrrole nitrogens is 4. The summed E-state index contributed by atoms with van der Waals surface area (Å²) in [5, 5.41) is 0.884. The molecule has 16 rings (SSSR count). The van der Waals surface area contributed by atoms with Gasteiger partial charge in [-0.2, -0.15) is 39.5 Å². The first kappa shape index (κ1) is 79.0. The molecule has 0 unspecified atom stereocenters. The van der Waals surface area contributed by atoms with Crippen LogP contribution < -0.4 is 4.74 Å². The minimum absolute atomic E-state index is 0.290. The number of aryl methyl sites for hydroxylation is 4. The van der Waals surface area contributed by atoms with E-state index >= 15 is 0 Å². The molecule has 8 heterocycles. The lowest BCUT2D eigenvalue weighted by molar-refractivity contribution is -0.274. The van der Waals surface area contributed by atoms with Crippen molar-refractivity contribution < 1.29 is 75.1 Å². The predicted octanol–water partition coefficient (Wildman–Crippen LogP) is 27.8. The topological polar surface area (TPSA) is 163 Å². The highest BCUT2D eigenvalue weighted by Crippen LogP contribution is 2.42. The van der Waals surface area contributed by atoms with Gasteiger partial charge in [-0.15, -0.1) is 24.5 Å². The van der Waals surface area contributed by atoms with Gasteiger partial charge in [0.15, 0.2) is 34.8 Å². The van der Waals surface area contributed by atoms with E-state index < -0.39 is 46.6 Å². The Balaban J connectivity index is 0.000000132. The number of ether oxygens (including phenoxy) is 1. The van der Waals surface area contributed by atoms with Crippen molar-refractivity contribution in [2.24, 2.45) is 0 Å². The van der Waals surface area contributed by atoms with Crippen molar-refractivity contribution in [3.63, 3.8) is 0 Å². The summed E-state index contributed by atoms with van der Waals surface area (Å²) >= 11 is 19.1. The molecule has 0 aliphatic rings. The fourth-order valence-electron chi connectivity index (χ4n) is 11.7. The third-order valence-corrected chi connectivity index (χ3v) is 19.2. The van der Waals surface area contributed by atoms with E-state index in [4.69, 9.17) is 53.0 Å². The molecule has 12 nitrogen and oxygen atoms in total. The van der Waals surface area contributed by atoms with Crippen LogP contribution in [0, 0.1) is 33.5 Å². The highest BCUT2D eigenvalue weighted by molar-refractivity contribution is 7.18. The maximum Gasteiger partial charge on any atom is 0.573 e. The summed E-state index contributed by atoms with van der Waals surface area (Å²) in [6.45, 7) is 7.61. The van der Waals surface area contributed by atoms with Gasteiger partial charge in [0.05, 0.1) is 49.4 Å². The zero-order valence-electron chi connectivity index (χ0n) is 59.0. The first-order chi connectivity index (χ1) is 53.7. The molecule has 29 heteroatoms. The Labute approximate surface area is 653 Å². The summed E-state index contributed by atoms with van der Waals surface area (Å²) in [5.41, 5.74) is 10.3. The molecule has 574 valence electrons. The van der Waals surface area contributed by atoms with Crippen LogP contribution in [0.1, 0.15) is 39.5 Å². The molecule has 8 aromatic carbocycles. The molecule has 0 aliphatic carbocycles. The van der Waals surface area contributed by atoms with E-state index in [1.54, 1.807) is 72.8 Å². The second-order valence-electron chi connectivity index (χ2n) is 25.2. The van der Waals surface area contributed by atoms with Crippen molar-refractivity contribution in [1.29, 1.82) is 0 Å². The lowest BCUT2D eigenvalue weighted by atomic mass is 10.1. The smallest absolute Gasteiger partial charge is 0.453 e. The first-order valence-electron chi connectivity index (χ1n) is 33.8. The van der Waals surface area contributed by atoms with Crippen LogP contribution in [0.4, 0.5) is 57.1 Å². The third-order valence-electron chi connectivity index (χ3n) is 17.2. The number of hydrogen-bond donors (Lipinski definition) is 4. The van der Waals surface area contributed by atoms with Gasteiger partial charge in [0.2, 0.25) is 0 Å². The number of thiophene rings is 1. The molecule has 0 radical (unpaired) electrons. The Bertz CT molecular complexity index is 5940. The number of halogens is 16. The van der Waals surface area contributed by atoms with Crippen LogP contribution >= 0.6 is 46.1 Å². The van der Waals surface area contributed by atoms with Crippen LogP contribution in [0.3, 0.4) is 0 Å². The van der Waals surface area contributed by atoms with Gasteiger partial charge in [0.1, 0.15) is 34.7 Å². The van der Waals surface area contributed by atoms with Crippen molar-refractivity contribution in [2.45, 2.75) is 52.6 Å². The number of furan rings is 3. The number of nitrogens with one attached hydrogen (secondary N) is 4. The van der Waals surface area contributed by atoms with Gasteiger partial charge in [0.25, 0.3) is 0 Å². The molecule has 0 atom stereocenters. The van der Waals surface area contributed by atoms with Crippen LogP contribution in [-0.4, -0.2) is 46.2 Å². The Kier molecular flexibility index (Phi) is 22.9. The number of rotatable bonds is 13. The molecule has 4 N–H and O–H groups in total. The molecule has 113 heavy (non-hydrogen) atoms. The molecule has 8 aromatic heterocycles. The monoisotopic (exact) mass is 1620 g/mol. The largest absolute Gasteiger partial charge is 0.573 e. The highest BCUT2D eigenvalue weighted by Gasteiger charge is 2.35. The zero-order valence-corrected chi connectivity index (χ0v) is 62.1. The van der Waals surface area contributed by atoms with Crippen molar-refractivity contribution in [2.75, 3.05) is 0 Å². The van der Waals surface area contributed by atoms with E-state index in [1.807, 2.05) is 94.4 Å². The molecule has 0 saturated heterocycles. The molecule has 0 bridgehead atoms. The van der Waals surface area contributed by atoms with E-state index in [1.165, 1.54) is 84.1 Å². The van der Waals surface area contributed by atoms with Gasteiger partial charge < -0.3 is 37.9 Å². The Morgan fingerprint density at radius 3 is 1.06 bits per heavy atom. The standard InChI is InChI=1S/C21H13ClF4N2O.C21H14ClF3N2O2.C21H14ClF3N2O.C21H15F3N2S/c1-11-19(12-2-5-14(23)6-3-12)28-20(27-11)18-9-8-17(29-18)13-4-7-15(16(22)10-13)21(24,25)26;1-12-19(14-2-6-15(22)7-3-14)27-20(26-12)18-11-10-17(28-18)13-4-8-16(9-5-13)29-21(23,24)25;1-12-19(14-4-8-16(22)9-5-14)27-20(26-12)18-11-10-17(28-18)13-2-6-15(7-3-13)21(23,24)25;1-13-19(15-5-3-2-4-6-15)26-20(25-13)18-12-11-17(27-18)14-7-9-16(10-8-14)21(22,23)24/h2-10H,1H3,(H,27,28);2-11H,1H3,(H,26,27);2-11H,1H3,(H,26,27);2-12H,1H3,(H,25,26). The number of aromatic nitrogens is 8. The molecule has 0 fully saturated rings. The van der Waals surface area contributed by atoms with Gasteiger partial charge in [0, 0.05) is 76.6 Å². The SMILES string of the molecule is Cc1[nH]c(-c2ccc(-c3ccc(C(F)(F)F)c(Cl)c3)o2)nc1-c1ccc(F)cc1.Cc1[nH]c(-c2ccc(-c3ccc(C(F)(F)F)cc3)o2)nc1-c1ccc(Cl)cc1.Cc1[nH]c(-c2ccc(-c3ccc(C(F)(F)F)cc3)s2)nc1-c1ccccc1.Cc1[nH]c(-c2ccc(-c3ccc(OC(F)(F)F)cc3)o2)nc1-c1ccc(Cl)cc1. The van der Waals surface area contributed by atoms with Crippen LogP contribution in [0.2, 0.25) is 15.1 Å². The van der Waals surface area contributed by atoms with Crippen LogP contribution in [0.15, 0.2) is 256 Å². The van der Waals surface area contributed by atoms with Gasteiger partial charge in [-0.3, -0.25) is 0 Å². The van der Waals surface area contributed by atoms with E-state index in [0.717, 1.165) is 114 Å². The second kappa shape index (κ2) is 32.7. The number of aromatic amines is 4. The molecule has 0 amide bonds. The summed E-state index contributed by atoms with van der Waals surface area (Å²) in [4.78, 5) is 33.0. The van der Waals surface area contributed by atoms with E-state index in [-0.39, 0.29) is 11.6 Å². The van der Waals surface area contributed by atoms with E-state index in [0.29, 0.717) is 84.5 Å². The van der Waals surface area contributed by atoms with Gasteiger partial charge >= 0.3 is 24.9 Å². The third kappa shape index (κ3) is 19.1. The van der Waals surface area contributed by atoms with E-state index in [2.05, 4.69) is 39.6 Å². The Hall–Kier alpha value is -12.1. The van der Waals surface area contributed by atoms with Gasteiger partial charge in [-0.25, -0.2) is 24.3 Å². The maximum absolute atomic E-state index is 13.1. The highest BCUT2D eigenvalue weighted by atomic mass is 35.5. The van der Waals surface area contributed by atoms with Gasteiger partial charge in [-0.05, 0) is 191 Å². The molecular weight excluding hydrogens is 1570 g/mol. The predicted molar refractivity (Wildman–Crippen MR) is 410 cm³/mol. The van der Waals surface area contributed by atoms with Crippen molar-refractivity contribution in [1.82, 2.24) is 39.9 Å². The quantitative estimate of drug-likeness (QED) is 0.0829. The molecule has 0 saturated carbocycles. The number of imidazole rings is 4. The lowest BCUT2D eigenvalue weighted by Gasteiger charge is -2.09. The zero-order chi connectivity index (χ0) is 80.3. The summed E-state index contributed by atoms with van der Waals surface area (Å²) in [6, 6.07) is 63.6. The van der Waals surface area contributed by atoms with Crippen LogP contribution in [0.5, 0.6) is 5.75 Å². The van der Waals surface area contributed by atoms with Crippen molar-refractivity contribution >= 4 is 46.1 Å². The number of benzene rings is 8. The summed E-state index contributed by atoms with van der Waals surface area (Å²) in [7, 11) is 0. The average Bonchev–Trinajstić information content (AvgIpc) is 1.73. The Morgan fingerprint density at radius 2 is 0.664 bits per heavy atom. The molecule has 0 spiro atoms. The molecule has 16 aromatic rings. The van der Waals surface area contributed by atoms with Crippen molar-refractivity contribution in [3.05, 3.63) is 303 Å². The minimum atomic E-state index is -4.72. The fraction of sp³-hybridized carbons (Fsp3) is 0.0952. The molecular formula is C84H56Cl3F13N8O4S. The summed E-state index contributed by atoms with van der Waals surface area (Å²) in [6.07, 6.45) is -17.9. The lowest BCUT2D eigenvalue weighted by Crippen LogP contribution is -2.16. The first-order valence-corrected chi connectivity index (χ1v) is 35.8. The number of hydrogen-bond acceptors (Lipinski definition) is 9. The average molecular weight is 1630 g/mol. The normalized spacial score (nSPS) is 11.7. The second-order valence-corrected chi connectivity index (χ2v) is 27.6. The maximum atomic E-state index is 13.1. The summed E-state index contributed by atoms with van der Waals surface area (Å²) in [5.74, 6) is 4.41. The fourth-order valence-corrected chi connectivity index (χ4v) is 13.2. The number of alkyl halides is 12. The van der Waals surface area contributed by atoms with Crippen molar-refractivity contribution in [3.8, 4) is 141 Å². The van der Waals surface area contributed by atoms with Gasteiger partial charge in [-0.1, -0.05) is 120 Å². The van der Waals surface area contributed by atoms with Crippen LogP contribution in [-0.2, 0) is 18.5 Å². The summed E-state index contributed by atoms with van der Waals surface area (Å²) < 4.78 is 186. The van der Waals surface area contributed by atoms with E-state index in [9.17, 15) is 57.1 Å². The van der Waals surface area contributed by atoms with Crippen LogP contribution in [0.25, 0.3) is 135 Å². The Morgan fingerprint density at radius 1 is 0.327 bits per heavy atom. The molecule has 0 aliphatic heterocycles.